The maximum atomic E-state index is 13.7. The van der Waals surface area contributed by atoms with Gasteiger partial charge in [-0.25, -0.2) is 8.42 Å². The van der Waals surface area contributed by atoms with Gasteiger partial charge in [-0.2, -0.15) is 0 Å². The molecule has 1 aliphatic rings. The van der Waals surface area contributed by atoms with E-state index >= 15 is 0 Å². The molecule has 0 fully saturated rings. The van der Waals surface area contributed by atoms with Gasteiger partial charge in [0.05, 0.1) is 16.5 Å². The van der Waals surface area contributed by atoms with E-state index in [9.17, 15) is 13.2 Å². The number of nitrogens with zero attached hydrogens (tertiary/aromatic N) is 1. The highest BCUT2D eigenvalue weighted by molar-refractivity contribution is 7.93. The van der Waals surface area contributed by atoms with Crippen molar-refractivity contribution in [2.45, 2.75) is 23.8 Å². The molecule has 3 aromatic carbocycles. The summed E-state index contributed by atoms with van der Waals surface area (Å²) in [5, 5.41) is 0.362. The molecular formula is C24H18ClNO3S. The van der Waals surface area contributed by atoms with Crippen LogP contribution in [0.1, 0.15) is 27.4 Å². The van der Waals surface area contributed by atoms with Gasteiger partial charge in [0.15, 0.2) is 5.78 Å². The van der Waals surface area contributed by atoms with E-state index < -0.39 is 22.0 Å². The van der Waals surface area contributed by atoms with Gasteiger partial charge in [0.2, 0.25) is 0 Å². The predicted molar refractivity (Wildman–Crippen MR) is 118 cm³/mol. The molecular weight excluding hydrogens is 418 g/mol. The quantitative estimate of drug-likeness (QED) is 0.436. The number of halogens is 1. The first-order valence-corrected chi connectivity index (χ1v) is 11.1. The van der Waals surface area contributed by atoms with Crippen LogP contribution in [0.5, 0.6) is 0 Å². The molecule has 0 unspecified atom stereocenters. The van der Waals surface area contributed by atoms with Gasteiger partial charge >= 0.3 is 0 Å². The van der Waals surface area contributed by atoms with E-state index in [2.05, 4.69) is 5.92 Å². The Morgan fingerprint density at radius 2 is 1.70 bits per heavy atom. The topological polar surface area (TPSA) is 54.5 Å². The van der Waals surface area contributed by atoms with Crippen molar-refractivity contribution >= 4 is 33.1 Å². The molecule has 0 spiro atoms. The lowest BCUT2D eigenvalue weighted by atomic mass is 9.91. The van der Waals surface area contributed by atoms with Crippen molar-refractivity contribution in [2.75, 3.05) is 4.31 Å². The number of carbonyl (C=O) groups excluding carboxylic acids is 1. The summed E-state index contributed by atoms with van der Waals surface area (Å²) in [5.41, 5.74) is 2.25. The van der Waals surface area contributed by atoms with Crippen LogP contribution in [0.4, 0.5) is 5.69 Å². The smallest absolute Gasteiger partial charge is 0.265 e. The maximum absolute atomic E-state index is 13.7. The Labute approximate surface area is 181 Å². The van der Waals surface area contributed by atoms with Crippen LogP contribution in [0, 0.1) is 19.3 Å². The summed E-state index contributed by atoms with van der Waals surface area (Å²) in [5.74, 6) is 1.54. The monoisotopic (exact) mass is 435 g/mol. The number of terminal acetylenes is 1. The molecule has 0 aliphatic carbocycles. The van der Waals surface area contributed by atoms with Crippen LogP contribution in [0.25, 0.3) is 0 Å². The molecule has 0 amide bonds. The minimum atomic E-state index is -4.07. The van der Waals surface area contributed by atoms with Gasteiger partial charge in [0.1, 0.15) is 6.04 Å². The number of sulfonamides is 1. The second-order valence-corrected chi connectivity index (χ2v) is 9.39. The second-order valence-electron chi connectivity index (χ2n) is 7.14. The van der Waals surface area contributed by atoms with Gasteiger partial charge in [-0.3, -0.25) is 9.10 Å². The normalized spacial score (nSPS) is 18.0. The number of ketones is 1. The number of hydrogen-bond donors (Lipinski definition) is 0. The minimum absolute atomic E-state index is 0.0857. The van der Waals surface area contributed by atoms with E-state index in [1.165, 1.54) is 12.1 Å². The fraction of sp³-hybridized carbons (Fsp3) is 0.125. The van der Waals surface area contributed by atoms with Crippen LogP contribution in [0.3, 0.4) is 0 Å². The lowest BCUT2D eigenvalue weighted by Crippen LogP contribution is -2.44. The molecule has 4 rings (SSSR count). The molecule has 0 N–H and O–H groups in total. The van der Waals surface area contributed by atoms with Crippen molar-refractivity contribution < 1.29 is 13.2 Å². The molecule has 150 valence electrons. The molecule has 1 aliphatic heterocycles. The summed E-state index contributed by atoms with van der Waals surface area (Å²) >= 11 is 6.18. The molecule has 0 saturated heterocycles. The van der Waals surface area contributed by atoms with Crippen molar-refractivity contribution in [2.24, 2.45) is 0 Å². The number of carbonyl (C=O) groups is 1. The highest BCUT2D eigenvalue weighted by atomic mass is 35.5. The Bertz CT molecular complexity index is 1260. The van der Waals surface area contributed by atoms with Gasteiger partial charge in [-0.1, -0.05) is 71.6 Å². The highest BCUT2D eigenvalue weighted by Crippen LogP contribution is 2.46. The number of Topliss-reactive ketones (excluding diaryl/α,β-unsaturated/α-hetero) is 1. The third-order valence-corrected chi connectivity index (χ3v) is 7.26. The average molecular weight is 436 g/mol. The van der Waals surface area contributed by atoms with Gasteiger partial charge in [-0.15, -0.1) is 6.42 Å². The summed E-state index contributed by atoms with van der Waals surface area (Å²) in [7, 11) is -4.07. The third kappa shape index (κ3) is 3.28. The first kappa shape index (κ1) is 20.2. The second kappa shape index (κ2) is 7.64. The fourth-order valence-electron chi connectivity index (χ4n) is 3.74. The Morgan fingerprint density at radius 3 is 2.33 bits per heavy atom. The van der Waals surface area contributed by atoms with Gasteiger partial charge in [-0.05, 0) is 36.8 Å². The van der Waals surface area contributed by atoms with Crippen LogP contribution >= 0.6 is 11.6 Å². The van der Waals surface area contributed by atoms with Crippen LogP contribution in [-0.2, 0) is 10.0 Å². The van der Waals surface area contributed by atoms with E-state index in [0.29, 0.717) is 21.8 Å². The zero-order chi connectivity index (χ0) is 21.5. The number of benzene rings is 3. The lowest BCUT2D eigenvalue weighted by molar-refractivity contribution is 0.0962. The maximum Gasteiger partial charge on any atom is 0.265 e. The molecule has 2 atom stereocenters. The summed E-state index contributed by atoms with van der Waals surface area (Å²) < 4.78 is 28.5. The van der Waals surface area contributed by atoms with E-state index in [1.807, 2.05) is 6.92 Å². The summed E-state index contributed by atoms with van der Waals surface area (Å²) in [4.78, 5) is 13.6. The predicted octanol–water partition coefficient (Wildman–Crippen LogP) is 4.83. The van der Waals surface area contributed by atoms with Crippen molar-refractivity contribution in [3.05, 3.63) is 94.5 Å². The zero-order valence-electron chi connectivity index (χ0n) is 16.1. The van der Waals surface area contributed by atoms with Gasteiger partial charge in [0, 0.05) is 10.6 Å². The van der Waals surface area contributed by atoms with Crippen LogP contribution in [0.2, 0.25) is 5.02 Å². The molecule has 3 aromatic rings. The minimum Gasteiger partial charge on any atom is -0.292 e. The number of rotatable bonds is 4. The summed E-state index contributed by atoms with van der Waals surface area (Å²) in [6, 6.07) is 18.8. The molecule has 6 heteroatoms. The fourth-order valence-corrected chi connectivity index (χ4v) is 5.55. The average Bonchev–Trinajstić information content (AvgIpc) is 3.08. The lowest BCUT2D eigenvalue weighted by Gasteiger charge is -2.27. The molecule has 4 nitrogen and oxygen atoms in total. The van der Waals surface area contributed by atoms with E-state index in [1.54, 1.807) is 60.7 Å². The Balaban J connectivity index is 1.94. The van der Waals surface area contributed by atoms with Crippen molar-refractivity contribution in [1.29, 1.82) is 0 Å². The first-order valence-electron chi connectivity index (χ1n) is 9.30. The molecule has 1 heterocycles. The number of fused-ring (bicyclic) bond motifs is 1. The van der Waals surface area contributed by atoms with E-state index in [0.717, 1.165) is 9.87 Å². The SMILES string of the molecule is C#C[C@H]1c2ccc(Cl)cc2N(S(=O)(=O)c2ccc(C)cc2)[C@@H]1C(=O)c1ccccc1. The largest absolute Gasteiger partial charge is 0.292 e. The van der Waals surface area contributed by atoms with Gasteiger partial charge in [0.25, 0.3) is 10.0 Å². The van der Waals surface area contributed by atoms with Crippen molar-refractivity contribution in [1.82, 2.24) is 0 Å². The molecule has 0 bridgehead atoms. The summed E-state index contributed by atoms with van der Waals surface area (Å²) in [6.07, 6.45) is 5.80. The van der Waals surface area contributed by atoms with Crippen molar-refractivity contribution in [3.63, 3.8) is 0 Å². The Kier molecular flexibility index (Phi) is 5.15. The number of aryl methyl sites for hydroxylation is 1. The first-order chi connectivity index (χ1) is 14.3. The standard InChI is InChI=1S/C24H18ClNO3S/c1-3-20-21-14-11-18(25)15-22(21)26(23(20)24(27)17-7-5-4-6-8-17)30(28,29)19-12-9-16(2)10-13-19/h1,4-15,20,23H,2H3/t20-,23-/m0/s1. The van der Waals surface area contributed by atoms with Crippen LogP contribution in [-0.4, -0.2) is 20.2 Å². The molecule has 0 radical (unpaired) electrons. The summed E-state index contributed by atoms with van der Waals surface area (Å²) in [6.45, 7) is 1.87. The Morgan fingerprint density at radius 1 is 1.03 bits per heavy atom. The zero-order valence-corrected chi connectivity index (χ0v) is 17.7. The van der Waals surface area contributed by atoms with Crippen LogP contribution in [0.15, 0.2) is 77.7 Å². The molecule has 0 aromatic heterocycles. The molecule has 0 saturated carbocycles. The van der Waals surface area contributed by atoms with Gasteiger partial charge < -0.3 is 0 Å². The highest BCUT2D eigenvalue weighted by Gasteiger charge is 2.48. The third-order valence-electron chi connectivity index (χ3n) is 5.22. The molecule has 30 heavy (non-hydrogen) atoms. The van der Waals surface area contributed by atoms with E-state index in [4.69, 9.17) is 18.0 Å². The number of hydrogen-bond acceptors (Lipinski definition) is 3. The Hall–Kier alpha value is -3.07. The number of anilines is 1. The van der Waals surface area contributed by atoms with Crippen LogP contribution < -0.4 is 4.31 Å². The van der Waals surface area contributed by atoms with E-state index in [-0.39, 0.29) is 10.7 Å². The van der Waals surface area contributed by atoms with Crippen molar-refractivity contribution in [3.8, 4) is 12.3 Å².